The summed E-state index contributed by atoms with van der Waals surface area (Å²) in [5, 5.41) is 10.2. The van der Waals surface area contributed by atoms with Crippen molar-refractivity contribution in [3.63, 3.8) is 0 Å². The molecule has 0 aromatic heterocycles. The number of ketones is 1. The second-order valence-corrected chi connectivity index (χ2v) is 9.55. The summed E-state index contributed by atoms with van der Waals surface area (Å²) in [7, 11) is 0. The smallest absolute Gasteiger partial charge is 0.185 e. The van der Waals surface area contributed by atoms with E-state index in [0.29, 0.717) is 6.42 Å². The Morgan fingerprint density at radius 2 is 1.50 bits per heavy atom. The summed E-state index contributed by atoms with van der Waals surface area (Å²) in [4.78, 5) is 12.9. The number of allylic oxidation sites excluding steroid dienone is 4. The second kappa shape index (κ2) is 6.51. The summed E-state index contributed by atoms with van der Waals surface area (Å²) in [5.74, 6) is 0.558. The van der Waals surface area contributed by atoms with Crippen LogP contribution < -0.4 is 0 Å². The number of hydrogen-bond donors (Lipinski definition) is 1. The summed E-state index contributed by atoms with van der Waals surface area (Å²) in [6.45, 7) is 12.5. The Hall–Kier alpha value is -1.35. The number of carbonyl (C=O) groups is 1. The van der Waals surface area contributed by atoms with Gasteiger partial charge in [-0.3, -0.25) is 4.79 Å². The molecule has 0 atom stereocenters. The first-order valence-corrected chi connectivity index (χ1v) is 9.15. The van der Waals surface area contributed by atoms with Crippen LogP contribution in [-0.2, 0) is 11.2 Å². The van der Waals surface area contributed by atoms with Gasteiger partial charge in [-0.05, 0) is 34.9 Å². The molecule has 0 amide bonds. The van der Waals surface area contributed by atoms with Crippen molar-refractivity contribution in [1.29, 1.82) is 0 Å². The minimum Gasteiger partial charge on any atom is -0.508 e. The molecular formula is C21H27BrO2. The van der Waals surface area contributed by atoms with Gasteiger partial charge >= 0.3 is 0 Å². The molecule has 3 heteroatoms. The minimum absolute atomic E-state index is 0.109. The molecular weight excluding hydrogens is 364 g/mol. The maximum Gasteiger partial charge on any atom is 0.185 e. The largest absolute Gasteiger partial charge is 0.508 e. The van der Waals surface area contributed by atoms with E-state index in [1.165, 1.54) is 0 Å². The molecule has 0 spiro atoms. The Labute approximate surface area is 153 Å². The molecule has 1 N–H and O–H groups in total. The zero-order chi connectivity index (χ0) is 18.3. The van der Waals surface area contributed by atoms with Crippen molar-refractivity contribution in [2.24, 2.45) is 16.7 Å². The minimum atomic E-state index is -0.193. The summed E-state index contributed by atoms with van der Waals surface area (Å²) in [5.41, 5.74) is 2.25. The zero-order valence-corrected chi connectivity index (χ0v) is 17.0. The van der Waals surface area contributed by atoms with E-state index in [-0.39, 0.29) is 28.3 Å². The van der Waals surface area contributed by atoms with Crippen molar-refractivity contribution >= 4 is 21.7 Å². The summed E-state index contributed by atoms with van der Waals surface area (Å²) in [6.07, 6.45) is 4.85. The summed E-state index contributed by atoms with van der Waals surface area (Å²) >= 11 is 3.37. The highest BCUT2D eigenvalue weighted by Crippen LogP contribution is 2.40. The predicted octanol–water partition coefficient (Wildman–Crippen LogP) is 5.84. The van der Waals surface area contributed by atoms with Crippen LogP contribution in [0.3, 0.4) is 0 Å². The van der Waals surface area contributed by atoms with Crippen molar-refractivity contribution in [2.45, 2.75) is 48.0 Å². The molecule has 24 heavy (non-hydrogen) atoms. The molecule has 0 radical (unpaired) electrons. The highest BCUT2D eigenvalue weighted by molar-refractivity contribution is 9.10. The van der Waals surface area contributed by atoms with Gasteiger partial charge in [0.15, 0.2) is 5.78 Å². The number of hydrogen-bond acceptors (Lipinski definition) is 2. The second-order valence-electron chi connectivity index (χ2n) is 8.63. The molecule has 1 aromatic rings. The molecule has 2 rings (SSSR count). The summed E-state index contributed by atoms with van der Waals surface area (Å²) < 4.78 is 0.861. The van der Waals surface area contributed by atoms with Crippen molar-refractivity contribution in [3.8, 4) is 5.75 Å². The lowest BCUT2D eigenvalue weighted by Gasteiger charge is -2.33. The fourth-order valence-electron chi connectivity index (χ4n) is 3.04. The van der Waals surface area contributed by atoms with Gasteiger partial charge in [0.2, 0.25) is 0 Å². The van der Waals surface area contributed by atoms with Crippen LogP contribution in [0, 0.1) is 16.7 Å². The molecule has 0 bridgehead atoms. The Morgan fingerprint density at radius 3 is 1.92 bits per heavy atom. The molecule has 0 heterocycles. The number of aromatic hydroxyl groups is 1. The van der Waals surface area contributed by atoms with Crippen LogP contribution in [0.25, 0.3) is 0 Å². The maximum atomic E-state index is 12.9. The van der Waals surface area contributed by atoms with Gasteiger partial charge in [0.1, 0.15) is 5.75 Å². The monoisotopic (exact) mass is 390 g/mol. The van der Waals surface area contributed by atoms with Gasteiger partial charge in [-0.2, -0.15) is 0 Å². The molecule has 0 saturated carbocycles. The third-order valence-corrected chi connectivity index (χ3v) is 4.86. The van der Waals surface area contributed by atoms with Crippen molar-refractivity contribution in [2.75, 3.05) is 0 Å². The maximum absolute atomic E-state index is 12.9. The van der Waals surface area contributed by atoms with E-state index in [9.17, 15) is 9.90 Å². The molecule has 0 saturated heterocycles. The van der Waals surface area contributed by atoms with Gasteiger partial charge in [0, 0.05) is 21.5 Å². The Morgan fingerprint density at radius 1 is 1.00 bits per heavy atom. The van der Waals surface area contributed by atoms with Gasteiger partial charge < -0.3 is 5.11 Å². The molecule has 130 valence electrons. The molecule has 2 nitrogen and oxygen atoms in total. The van der Waals surface area contributed by atoms with E-state index in [4.69, 9.17) is 0 Å². The lowest BCUT2D eigenvalue weighted by molar-refractivity contribution is -0.114. The van der Waals surface area contributed by atoms with E-state index in [2.05, 4.69) is 69.6 Å². The number of carbonyl (C=O) groups excluding carboxylic acids is 1. The highest BCUT2D eigenvalue weighted by atomic mass is 79.9. The topological polar surface area (TPSA) is 37.3 Å². The van der Waals surface area contributed by atoms with Crippen molar-refractivity contribution in [3.05, 3.63) is 51.5 Å². The molecule has 1 aromatic carbocycles. The summed E-state index contributed by atoms with van der Waals surface area (Å²) in [6, 6.07) is 5.59. The van der Waals surface area contributed by atoms with E-state index in [1.54, 1.807) is 6.07 Å². The van der Waals surface area contributed by atoms with Gasteiger partial charge in [-0.15, -0.1) is 0 Å². The average Bonchev–Trinajstić information content (AvgIpc) is 2.41. The number of Topliss-reactive ketones (excluding diaryl/α,β-unsaturated/α-hetero) is 1. The molecule has 0 fully saturated rings. The van der Waals surface area contributed by atoms with Gasteiger partial charge in [-0.25, -0.2) is 0 Å². The molecule has 0 aliphatic heterocycles. The van der Waals surface area contributed by atoms with Gasteiger partial charge in [0.25, 0.3) is 0 Å². The SMILES string of the molecule is CC(C)(C)C1=CC(Cc2ccc(Br)cc2O)C=C(C(C)(C)C)C1=O. The van der Waals surface area contributed by atoms with E-state index < -0.39 is 0 Å². The van der Waals surface area contributed by atoms with Crippen LogP contribution >= 0.6 is 15.9 Å². The fourth-order valence-corrected chi connectivity index (χ4v) is 3.38. The number of rotatable bonds is 2. The zero-order valence-electron chi connectivity index (χ0n) is 15.4. The lowest BCUT2D eigenvalue weighted by Crippen LogP contribution is -2.29. The van der Waals surface area contributed by atoms with E-state index in [1.807, 2.05) is 12.1 Å². The van der Waals surface area contributed by atoms with Crippen LogP contribution in [0.15, 0.2) is 46.0 Å². The van der Waals surface area contributed by atoms with Crippen LogP contribution in [0.2, 0.25) is 0 Å². The third-order valence-electron chi connectivity index (χ3n) is 4.37. The van der Waals surface area contributed by atoms with E-state index >= 15 is 0 Å². The van der Waals surface area contributed by atoms with Gasteiger partial charge in [-0.1, -0.05) is 75.7 Å². The Bertz CT molecular complexity index is 678. The van der Waals surface area contributed by atoms with Crippen LogP contribution in [0.5, 0.6) is 5.75 Å². The highest BCUT2D eigenvalue weighted by Gasteiger charge is 2.35. The van der Waals surface area contributed by atoms with E-state index in [0.717, 1.165) is 21.2 Å². The Kier molecular flexibility index (Phi) is 5.15. The first-order valence-electron chi connectivity index (χ1n) is 8.36. The lowest BCUT2D eigenvalue weighted by atomic mass is 9.70. The fraction of sp³-hybridized carbons (Fsp3) is 0.476. The van der Waals surface area contributed by atoms with Crippen molar-refractivity contribution < 1.29 is 9.90 Å². The van der Waals surface area contributed by atoms with Gasteiger partial charge in [0.05, 0.1) is 0 Å². The number of phenols is 1. The number of benzene rings is 1. The molecule has 1 aliphatic rings. The normalized spacial score (nSPS) is 16.9. The standard InChI is InChI=1S/C21H27BrO2/c1-20(2,3)16-10-13(11-17(19(16)24)21(4,5)6)9-14-7-8-15(22)12-18(14)23/h7-8,10-13,23H,9H2,1-6H3. The van der Waals surface area contributed by atoms with Crippen molar-refractivity contribution in [1.82, 2.24) is 0 Å². The first-order chi connectivity index (χ1) is 10.9. The van der Waals surface area contributed by atoms with Crippen LogP contribution in [0.4, 0.5) is 0 Å². The third kappa shape index (κ3) is 4.18. The van der Waals surface area contributed by atoms with Crippen LogP contribution in [-0.4, -0.2) is 10.9 Å². The molecule has 1 aliphatic carbocycles. The predicted molar refractivity (Wildman–Crippen MR) is 103 cm³/mol. The molecule has 0 unspecified atom stereocenters. The van der Waals surface area contributed by atoms with Crippen LogP contribution in [0.1, 0.15) is 47.1 Å². The number of phenolic OH excluding ortho intramolecular Hbond substituents is 1. The first kappa shape index (κ1) is 19.0. The average molecular weight is 391 g/mol. The Balaban J connectivity index is 2.44. The quantitative estimate of drug-likeness (QED) is 0.688. The number of halogens is 1.